The minimum Gasteiger partial charge on any atom is -0.368 e. The lowest BCUT2D eigenvalue weighted by molar-refractivity contribution is 0.304. The Morgan fingerprint density at radius 1 is 1.18 bits per heavy atom. The van der Waals surface area contributed by atoms with E-state index >= 15 is 0 Å². The number of hydrogen-bond acceptors (Lipinski definition) is 2. The SMILES string of the molecule is Ic1ccccc1N1CCNC2(CCCC2)C1. The normalized spacial score (nSPS) is 23.2. The van der Waals surface area contributed by atoms with Crippen molar-refractivity contribution in [3.05, 3.63) is 27.8 Å². The summed E-state index contributed by atoms with van der Waals surface area (Å²) in [6.07, 6.45) is 5.50. The van der Waals surface area contributed by atoms with Crippen LogP contribution >= 0.6 is 22.6 Å². The highest BCUT2D eigenvalue weighted by Crippen LogP contribution is 2.34. The van der Waals surface area contributed by atoms with E-state index in [1.165, 1.54) is 41.5 Å². The maximum atomic E-state index is 3.77. The fourth-order valence-electron chi connectivity index (χ4n) is 3.26. The van der Waals surface area contributed by atoms with E-state index in [0.29, 0.717) is 5.54 Å². The van der Waals surface area contributed by atoms with Crippen molar-refractivity contribution in [2.75, 3.05) is 24.5 Å². The lowest BCUT2D eigenvalue weighted by Crippen LogP contribution is -2.59. The fraction of sp³-hybridized carbons (Fsp3) is 0.571. The summed E-state index contributed by atoms with van der Waals surface area (Å²) in [6, 6.07) is 8.74. The number of anilines is 1. The van der Waals surface area contributed by atoms with Crippen LogP contribution in [0.1, 0.15) is 25.7 Å². The molecule has 17 heavy (non-hydrogen) atoms. The second-order valence-electron chi connectivity index (χ2n) is 5.29. The molecule has 2 fully saturated rings. The quantitative estimate of drug-likeness (QED) is 0.790. The first-order valence-electron chi connectivity index (χ1n) is 6.54. The zero-order chi connectivity index (χ0) is 11.7. The van der Waals surface area contributed by atoms with Crippen LogP contribution in [0.15, 0.2) is 24.3 Å². The van der Waals surface area contributed by atoms with Crippen molar-refractivity contribution in [3.8, 4) is 0 Å². The van der Waals surface area contributed by atoms with Gasteiger partial charge in [0.2, 0.25) is 0 Å². The Balaban J connectivity index is 1.82. The maximum Gasteiger partial charge on any atom is 0.0502 e. The maximum absolute atomic E-state index is 3.77. The molecule has 1 saturated carbocycles. The van der Waals surface area contributed by atoms with Gasteiger partial charge in [0, 0.05) is 28.7 Å². The van der Waals surface area contributed by atoms with E-state index in [1.54, 1.807) is 0 Å². The summed E-state index contributed by atoms with van der Waals surface area (Å²) >= 11 is 2.45. The van der Waals surface area contributed by atoms with Gasteiger partial charge in [0.25, 0.3) is 0 Å². The summed E-state index contributed by atoms with van der Waals surface area (Å²) in [7, 11) is 0. The van der Waals surface area contributed by atoms with E-state index in [4.69, 9.17) is 0 Å². The molecule has 92 valence electrons. The number of halogens is 1. The average molecular weight is 342 g/mol. The first kappa shape index (κ1) is 11.8. The molecule has 1 aliphatic heterocycles. The van der Waals surface area contributed by atoms with E-state index in [2.05, 4.69) is 57.1 Å². The van der Waals surface area contributed by atoms with Gasteiger partial charge in [-0.3, -0.25) is 0 Å². The van der Waals surface area contributed by atoms with Crippen molar-refractivity contribution < 1.29 is 0 Å². The Kier molecular flexibility index (Phi) is 3.30. The molecule has 1 spiro atoms. The number of benzene rings is 1. The molecule has 0 bridgehead atoms. The third kappa shape index (κ3) is 2.32. The molecule has 0 atom stereocenters. The highest BCUT2D eigenvalue weighted by molar-refractivity contribution is 14.1. The number of nitrogens with one attached hydrogen (secondary N) is 1. The van der Waals surface area contributed by atoms with Gasteiger partial charge in [0.1, 0.15) is 0 Å². The van der Waals surface area contributed by atoms with Crippen molar-refractivity contribution >= 4 is 28.3 Å². The molecule has 3 rings (SSSR count). The van der Waals surface area contributed by atoms with Gasteiger partial charge in [-0.25, -0.2) is 0 Å². The van der Waals surface area contributed by atoms with E-state index in [9.17, 15) is 0 Å². The third-order valence-corrected chi connectivity index (χ3v) is 5.04. The average Bonchev–Trinajstić information content (AvgIpc) is 2.78. The minimum atomic E-state index is 0.414. The molecule has 1 aliphatic carbocycles. The van der Waals surface area contributed by atoms with Crippen LogP contribution in [0.25, 0.3) is 0 Å². The first-order valence-corrected chi connectivity index (χ1v) is 7.62. The topological polar surface area (TPSA) is 15.3 Å². The smallest absolute Gasteiger partial charge is 0.0502 e. The van der Waals surface area contributed by atoms with Crippen molar-refractivity contribution in [1.82, 2.24) is 5.32 Å². The summed E-state index contributed by atoms with van der Waals surface area (Å²) in [5.41, 5.74) is 1.83. The number of rotatable bonds is 1. The van der Waals surface area contributed by atoms with Crippen LogP contribution < -0.4 is 10.2 Å². The highest BCUT2D eigenvalue weighted by Gasteiger charge is 2.37. The van der Waals surface area contributed by atoms with E-state index in [0.717, 1.165) is 13.1 Å². The molecule has 1 heterocycles. The number of piperazine rings is 1. The standard InChI is InChI=1S/C14H19IN2/c15-12-5-1-2-6-13(12)17-10-9-16-14(11-17)7-3-4-8-14/h1-2,5-6,16H,3-4,7-11H2. The molecule has 2 aliphatic rings. The van der Waals surface area contributed by atoms with Gasteiger partial charge in [0.15, 0.2) is 0 Å². The third-order valence-electron chi connectivity index (χ3n) is 4.13. The number of para-hydroxylation sites is 1. The van der Waals surface area contributed by atoms with Gasteiger partial charge < -0.3 is 10.2 Å². The summed E-state index contributed by atoms with van der Waals surface area (Å²) < 4.78 is 1.38. The summed E-state index contributed by atoms with van der Waals surface area (Å²) in [6.45, 7) is 3.46. The summed E-state index contributed by atoms with van der Waals surface area (Å²) in [5, 5.41) is 3.77. The van der Waals surface area contributed by atoms with Gasteiger partial charge in [-0.2, -0.15) is 0 Å². The van der Waals surface area contributed by atoms with Crippen LogP contribution in [-0.2, 0) is 0 Å². The lowest BCUT2D eigenvalue weighted by atomic mass is 9.94. The molecule has 1 saturated heterocycles. The molecule has 1 aromatic carbocycles. The van der Waals surface area contributed by atoms with Crippen LogP contribution in [0.5, 0.6) is 0 Å². The predicted octanol–water partition coefficient (Wildman–Crippen LogP) is 3.01. The number of hydrogen-bond donors (Lipinski definition) is 1. The highest BCUT2D eigenvalue weighted by atomic mass is 127. The second-order valence-corrected chi connectivity index (χ2v) is 6.45. The molecular formula is C14H19IN2. The van der Waals surface area contributed by atoms with Crippen molar-refractivity contribution in [2.45, 2.75) is 31.2 Å². The molecule has 0 aromatic heterocycles. The van der Waals surface area contributed by atoms with Gasteiger partial charge in [-0.15, -0.1) is 0 Å². The molecule has 3 heteroatoms. The molecule has 0 radical (unpaired) electrons. The molecule has 1 N–H and O–H groups in total. The van der Waals surface area contributed by atoms with E-state index in [-0.39, 0.29) is 0 Å². The zero-order valence-electron chi connectivity index (χ0n) is 10.1. The second kappa shape index (κ2) is 4.76. The van der Waals surface area contributed by atoms with Gasteiger partial charge in [-0.1, -0.05) is 25.0 Å². The molecule has 1 aromatic rings. The molecule has 0 amide bonds. The Hall–Kier alpha value is -0.290. The Morgan fingerprint density at radius 2 is 1.94 bits per heavy atom. The zero-order valence-corrected chi connectivity index (χ0v) is 12.2. The van der Waals surface area contributed by atoms with Crippen LogP contribution in [-0.4, -0.2) is 25.2 Å². The molecule has 0 unspecified atom stereocenters. The fourth-order valence-corrected chi connectivity index (χ4v) is 3.99. The number of nitrogens with zero attached hydrogens (tertiary/aromatic N) is 1. The first-order chi connectivity index (χ1) is 8.29. The Labute approximate surface area is 117 Å². The molecular weight excluding hydrogens is 323 g/mol. The monoisotopic (exact) mass is 342 g/mol. The molecule has 2 nitrogen and oxygen atoms in total. The minimum absolute atomic E-state index is 0.414. The lowest BCUT2D eigenvalue weighted by Gasteiger charge is -2.43. The van der Waals surface area contributed by atoms with Crippen LogP contribution in [0.3, 0.4) is 0 Å². The Bertz CT molecular complexity index is 399. The predicted molar refractivity (Wildman–Crippen MR) is 80.6 cm³/mol. The van der Waals surface area contributed by atoms with Gasteiger partial charge >= 0.3 is 0 Å². The van der Waals surface area contributed by atoms with Gasteiger partial charge in [0.05, 0.1) is 5.69 Å². The summed E-state index contributed by atoms with van der Waals surface area (Å²) in [5.74, 6) is 0. The van der Waals surface area contributed by atoms with E-state index < -0.39 is 0 Å². The van der Waals surface area contributed by atoms with Crippen molar-refractivity contribution in [1.29, 1.82) is 0 Å². The largest absolute Gasteiger partial charge is 0.368 e. The van der Waals surface area contributed by atoms with Crippen LogP contribution in [0.2, 0.25) is 0 Å². The summed E-state index contributed by atoms with van der Waals surface area (Å²) in [4.78, 5) is 2.57. The van der Waals surface area contributed by atoms with Crippen molar-refractivity contribution in [3.63, 3.8) is 0 Å². The van der Waals surface area contributed by atoms with E-state index in [1.807, 2.05) is 0 Å². The van der Waals surface area contributed by atoms with Gasteiger partial charge in [-0.05, 0) is 47.6 Å². The Morgan fingerprint density at radius 3 is 2.71 bits per heavy atom. The van der Waals surface area contributed by atoms with Crippen molar-refractivity contribution in [2.24, 2.45) is 0 Å². The van der Waals surface area contributed by atoms with Crippen LogP contribution in [0.4, 0.5) is 5.69 Å². The van der Waals surface area contributed by atoms with Crippen LogP contribution in [0, 0.1) is 3.57 Å².